The molecule has 0 saturated carbocycles. The summed E-state index contributed by atoms with van der Waals surface area (Å²) in [6.45, 7) is 8.04. The van der Waals surface area contributed by atoms with Gasteiger partial charge >= 0.3 is 6.03 Å². The van der Waals surface area contributed by atoms with Crippen LogP contribution in [-0.4, -0.2) is 48.6 Å². The SMILES string of the molecule is CCCNC(=O)N1CCN(c2nc3ccccc3cc2C)CC1. The maximum atomic E-state index is 12.0. The average Bonchev–Trinajstić information content (AvgIpc) is 2.59. The van der Waals surface area contributed by atoms with Crippen LogP contribution in [-0.2, 0) is 0 Å². The number of hydrogen-bond donors (Lipinski definition) is 1. The van der Waals surface area contributed by atoms with Gasteiger partial charge in [-0.25, -0.2) is 9.78 Å². The van der Waals surface area contributed by atoms with E-state index in [1.165, 1.54) is 10.9 Å². The topological polar surface area (TPSA) is 48.5 Å². The Hall–Kier alpha value is -2.30. The molecule has 1 aromatic heterocycles. The molecule has 23 heavy (non-hydrogen) atoms. The summed E-state index contributed by atoms with van der Waals surface area (Å²) < 4.78 is 0. The summed E-state index contributed by atoms with van der Waals surface area (Å²) in [5.74, 6) is 1.04. The van der Waals surface area contributed by atoms with Crippen molar-refractivity contribution in [2.75, 3.05) is 37.6 Å². The summed E-state index contributed by atoms with van der Waals surface area (Å²) in [7, 11) is 0. The number of aryl methyl sites for hydroxylation is 1. The molecule has 5 heteroatoms. The quantitative estimate of drug-likeness (QED) is 0.948. The third kappa shape index (κ3) is 3.38. The molecule has 0 atom stereocenters. The molecule has 1 saturated heterocycles. The number of rotatable bonds is 3. The number of pyridine rings is 1. The third-order valence-electron chi connectivity index (χ3n) is 4.28. The van der Waals surface area contributed by atoms with Gasteiger partial charge in [-0.2, -0.15) is 0 Å². The first kappa shape index (κ1) is 15.6. The smallest absolute Gasteiger partial charge is 0.317 e. The van der Waals surface area contributed by atoms with Crippen molar-refractivity contribution < 1.29 is 4.79 Å². The molecule has 1 N–H and O–H groups in total. The summed E-state index contributed by atoms with van der Waals surface area (Å²) in [5.41, 5.74) is 2.21. The third-order valence-corrected chi connectivity index (χ3v) is 4.28. The van der Waals surface area contributed by atoms with Crippen LogP contribution in [0.25, 0.3) is 10.9 Å². The number of nitrogens with zero attached hydrogens (tertiary/aromatic N) is 3. The number of carbonyl (C=O) groups excluding carboxylic acids is 1. The number of aromatic nitrogens is 1. The highest BCUT2D eigenvalue weighted by Gasteiger charge is 2.22. The van der Waals surface area contributed by atoms with Crippen LogP contribution in [0.1, 0.15) is 18.9 Å². The number of para-hydroxylation sites is 1. The van der Waals surface area contributed by atoms with Gasteiger partial charge in [-0.1, -0.05) is 25.1 Å². The highest BCUT2D eigenvalue weighted by molar-refractivity contribution is 5.81. The Labute approximate surface area is 137 Å². The van der Waals surface area contributed by atoms with Crippen LogP contribution < -0.4 is 10.2 Å². The first-order chi connectivity index (χ1) is 11.2. The van der Waals surface area contributed by atoms with E-state index in [9.17, 15) is 4.79 Å². The normalized spacial score (nSPS) is 15.0. The number of fused-ring (bicyclic) bond motifs is 1. The summed E-state index contributed by atoms with van der Waals surface area (Å²) in [6, 6.07) is 10.4. The Morgan fingerprint density at radius 3 is 2.70 bits per heavy atom. The van der Waals surface area contributed by atoms with Gasteiger partial charge in [-0.3, -0.25) is 0 Å². The summed E-state index contributed by atoms with van der Waals surface area (Å²) in [5, 5.41) is 4.12. The van der Waals surface area contributed by atoms with E-state index < -0.39 is 0 Å². The zero-order valence-electron chi connectivity index (χ0n) is 13.9. The molecule has 0 bridgehead atoms. The van der Waals surface area contributed by atoms with Crippen molar-refractivity contribution >= 4 is 22.8 Å². The van der Waals surface area contributed by atoms with E-state index in [1.54, 1.807) is 0 Å². The Morgan fingerprint density at radius 1 is 1.22 bits per heavy atom. The fourth-order valence-electron chi connectivity index (χ4n) is 3.00. The second kappa shape index (κ2) is 6.86. The molecule has 2 amide bonds. The molecule has 2 heterocycles. The summed E-state index contributed by atoms with van der Waals surface area (Å²) in [4.78, 5) is 21.0. The minimum atomic E-state index is 0.0506. The molecule has 1 aromatic carbocycles. The van der Waals surface area contributed by atoms with Gasteiger partial charge in [0.2, 0.25) is 0 Å². The molecule has 122 valence electrons. The zero-order valence-corrected chi connectivity index (χ0v) is 13.9. The fraction of sp³-hybridized carbons (Fsp3) is 0.444. The minimum Gasteiger partial charge on any atom is -0.353 e. The Balaban J connectivity index is 1.70. The van der Waals surface area contributed by atoms with Crippen LogP contribution in [0.5, 0.6) is 0 Å². The van der Waals surface area contributed by atoms with Crippen LogP contribution in [0.4, 0.5) is 10.6 Å². The van der Waals surface area contributed by atoms with Gasteiger partial charge in [-0.15, -0.1) is 0 Å². The van der Waals surface area contributed by atoms with Gasteiger partial charge in [0.15, 0.2) is 0 Å². The second-order valence-corrected chi connectivity index (χ2v) is 6.03. The molecule has 0 unspecified atom stereocenters. The van der Waals surface area contributed by atoms with Crippen molar-refractivity contribution in [3.05, 3.63) is 35.9 Å². The van der Waals surface area contributed by atoms with Crippen molar-refractivity contribution in [1.82, 2.24) is 15.2 Å². The van der Waals surface area contributed by atoms with Crippen molar-refractivity contribution in [1.29, 1.82) is 0 Å². The molecular weight excluding hydrogens is 288 g/mol. The Morgan fingerprint density at radius 2 is 1.96 bits per heavy atom. The first-order valence-corrected chi connectivity index (χ1v) is 8.33. The molecule has 2 aromatic rings. The van der Waals surface area contributed by atoms with Gasteiger partial charge in [0.05, 0.1) is 5.52 Å². The predicted octanol–water partition coefficient (Wildman–Crippen LogP) is 2.78. The molecule has 0 aliphatic carbocycles. The Bertz CT molecular complexity index is 692. The highest BCUT2D eigenvalue weighted by Crippen LogP contribution is 2.23. The molecule has 1 fully saturated rings. The van der Waals surface area contributed by atoms with Crippen LogP contribution >= 0.6 is 0 Å². The lowest BCUT2D eigenvalue weighted by Gasteiger charge is -2.36. The molecule has 1 aliphatic rings. The number of anilines is 1. The van der Waals surface area contributed by atoms with Crippen molar-refractivity contribution in [3.8, 4) is 0 Å². The van der Waals surface area contributed by atoms with Crippen molar-refractivity contribution in [2.24, 2.45) is 0 Å². The summed E-state index contributed by atoms with van der Waals surface area (Å²) >= 11 is 0. The van der Waals surface area contributed by atoms with Gasteiger partial charge in [0.25, 0.3) is 0 Å². The molecule has 0 radical (unpaired) electrons. The fourth-order valence-corrected chi connectivity index (χ4v) is 3.00. The number of carbonyl (C=O) groups is 1. The number of piperazine rings is 1. The lowest BCUT2D eigenvalue weighted by Crippen LogP contribution is -2.52. The maximum absolute atomic E-state index is 12.0. The highest BCUT2D eigenvalue weighted by atomic mass is 16.2. The zero-order chi connectivity index (χ0) is 16.2. The van der Waals surface area contributed by atoms with Gasteiger partial charge < -0.3 is 15.1 Å². The maximum Gasteiger partial charge on any atom is 0.317 e. The van der Waals surface area contributed by atoms with E-state index in [1.807, 2.05) is 23.1 Å². The molecule has 3 rings (SSSR count). The van der Waals surface area contributed by atoms with Crippen LogP contribution in [0.2, 0.25) is 0 Å². The van der Waals surface area contributed by atoms with Crippen LogP contribution in [0.3, 0.4) is 0 Å². The number of urea groups is 1. The molecular formula is C18H24N4O. The molecule has 5 nitrogen and oxygen atoms in total. The van der Waals surface area contributed by atoms with Gasteiger partial charge in [0, 0.05) is 38.1 Å². The second-order valence-electron chi connectivity index (χ2n) is 6.03. The number of benzene rings is 1. The van der Waals surface area contributed by atoms with Crippen LogP contribution in [0.15, 0.2) is 30.3 Å². The van der Waals surface area contributed by atoms with Crippen molar-refractivity contribution in [3.63, 3.8) is 0 Å². The molecule has 0 spiro atoms. The summed E-state index contributed by atoms with van der Waals surface area (Å²) in [6.07, 6.45) is 0.964. The monoisotopic (exact) mass is 312 g/mol. The average molecular weight is 312 g/mol. The largest absolute Gasteiger partial charge is 0.353 e. The van der Waals surface area contributed by atoms with E-state index >= 15 is 0 Å². The number of amides is 2. The van der Waals surface area contributed by atoms with Crippen LogP contribution in [0, 0.1) is 6.92 Å². The predicted molar refractivity (Wildman–Crippen MR) is 94.0 cm³/mol. The van der Waals surface area contributed by atoms with E-state index in [0.717, 1.165) is 50.5 Å². The standard InChI is InChI=1S/C18H24N4O/c1-3-8-19-18(23)22-11-9-21(10-12-22)17-14(2)13-15-6-4-5-7-16(15)20-17/h4-7,13H,3,8-12H2,1-2H3,(H,19,23). The van der Waals surface area contributed by atoms with Crippen molar-refractivity contribution in [2.45, 2.75) is 20.3 Å². The number of hydrogen-bond acceptors (Lipinski definition) is 3. The van der Waals surface area contributed by atoms with Gasteiger partial charge in [0.1, 0.15) is 5.82 Å². The minimum absolute atomic E-state index is 0.0506. The first-order valence-electron chi connectivity index (χ1n) is 8.33. The van der Waals surface area contributed by atoms with E-state index in [0.29, 0.717) is 0 Å². The van der Waals surface area contributed by atoms with E-state index in [4.69, 9.17) is 4.98 Å². The lowest BCUT2D eigenvalue weighted by molar-refractivity contribution is 0.194. The van der Waals surface area contributed by atoms with E-state index in [2.05, 4.69) is 36.2 Å². The van der Waals surface area contributed by atoms with Gasteiger partial charge in [-0.05, 0) is 31.0 Å². The molecule has 1 aliphatic heterocycles. The van der Waals surface area contributed by atoms with E-state index in [-0.39, 0.29) is 6.03 Å². The Kier molecular flexibility index (Phi) is 4.65. The number of nitrogens with one attached hydrogen (secondary N) is 1. The lowest BCUT2D eigenvalue weighted by atomic mass is 10.1.